The van der Waals surface area contributed by atoms with Crippen LogP contribution in [0.4, 0.5) is 5.13 Å². The number of alkyl halides is 1. The number of rotatable bonds is 16. The highest BCUT2D eigenvalue weighted by Crippen LogP contribution is 2.43. The largest absolute Gasteiger partial charge is 0.457 e. The van der Waals surface area contributed by atoms with Crippen LogP contribution in [0.25, 0.3) is 0 Å². The number of esters is 2. The number of nitrogens with zero attached hydrogens (tertiary/aromatic N) is 3. The minimum Gasteiger partial charge on any atom is -0.457 e. The smallest absolute Gasteiger partial charge is 0.356 e. The van der Waals surface area contributed by atoms with E-state index in [1.165, 1.54) is 28.0 Å². The van der Waals surface area contributed by atoms with Crippen LogP contribution in [-0.4, -0.2) is 74.6 Å². The first kappa shape index (κ1) is 45.8. The summed E-state index contributed by atoms with van der Waals surface area (Å²) >= 11 is 8.99. The maximum Gasteiger partial charge on any atom is 0.356 e. The van der Waals surface area contributed by atoms with E-state index in [2.05, 4.69) is 15.8 Å². The fourth-order valence-electron chi connectivity index (χ4n) is 7.84. The van der Waals surface area contributed by atoms with E-state index >= 15 is 0 Å². The zero-order valence-corrected chi connectivity index (χ0v) is 38.6. The van der Waals surface area contributed by atoms with Gasteiger partial charge < -0.3 is 24.9 Å². The van der Waals surface area contributed by atoms with Crippen LogP contribution in [0.2, 0.25) is 0 Å². The molecule has 6 aromatic rings. The number of anilines is 1. The second-order valence-electron chi connectivity index (χ2n) is 16.4. The zero-order valence-electron chi connectivity index (χ0n) is 36.3. The van der Waals surface area contributed by atoms with Crippen molar-refractivity contribution in [3.05, 3.63) is 202 Å². The van der Waals surface area contributed by atoms with Gasteiger partial charge in [0, 0.05) is 17.0 Å². The van der Waals surface area contributed by atoms with Crippen LogP contribution in [0.5, 0.6) is 0 Å². The number of thioether (sulfide) groups is 1. The van der Waals surface area contributed by atoms with E-state index in [4.69, 9.17) is 30.9 Å². The Morgan fingerprint density at radius 2 is 1.32 bits per heavy atom. The van der Waals surface area contributed by atoms with Crippen LogP contribution >= 0.6 is 34.7 Å². The summed E-state index contributed by atoms with van der Waals surface area (Å²) in [6.07, 6.45) is -0.765. The van der Waals surface area contributed by atoms with Gasteiger partial charge in [-0.25, -0.2) is 14.6 Å². The first-order valence-electron chi connectivity index (χ1n) is 21.1. The Morgan fingerprint density at radius 3 is 1.82 bits per heavy atom. The molecule has 0 saturated carbocycles. The molecule has 0 spiro atoms. The maximum absolute atomic E-state index is 14.4. The molecular formula is C51H46ClN5O7S2. The number of oxime groups is 1. The van der Waals surface area contributed by atoms with E-state index in [9.17, 15) is 19.2 Å². The monoisotopic (exact) mass is 939 g/mol. The summed E-state index contributed by atoms with van der Waals surface area (Å²) in [4.78, 5) is 67.1. The number of hydrogen-bond donors (Lipinski definition) is 2. The molecule has 336 valence electrons. The number of benzene rings is 5. The highest BCUT2D eigenvalue weighted by Gasteiger charge is 2.55. The molecule has 1 unspecified atom stereocenters. The predicted octanol–water partition coefficient (Wildman–Crippen LogP) is 8.84. The predicted molar refractivity (Wildman–Crippen MR) is 257 cm³/mol. The zero-order chi connectivity index (χ0) is 46.3. The quantitative estimate of drug-likeness (QED) is 0.0241. The molecular weight excluding hydrogens is 894 g/mol. The second kappa shape index (κ2) is 20.2. The van der Waals surface area contributed by atoms with Gasteiger partial charge in [-0.15, -0.1) is 34.7 Å². The molecule has 2 atom stereocenters. The van der Waals surface area contributed by atoms with Crippen LogP contribution in [0.3, 0.4) is 0 Å². The Hall–Kier alpha value is -6.74. The summed E-state index contributed by atoms with van der Waals surface area (Å²) in [5.74, 6) is -2.46. The van der Waals surface area contributed by atoms with Crippen LogP contribution in [0.1, 0.15) is 60.4 Å². The lowest BCUT2D eigenvalue weighted by molar-refractivity contribution is -0.160. The number of carbonyl (C=O) groups is 4. The van der Waals surface area contributed by atoms with Crippen molar-refractivity contribution in [2.75, 3.05) is 23.6 Å². The maximum atomic E-state index is 14.4. The molecule has 2 N–H and O–H groups in total. The summed E-state index contributed by atoms with van der Waals surface area (Å²) in [7, 11) is 0. The van der Waals surface area contributed by atoms with Gasteiger partial charge in [-0.05, 0) is 54.2 Å². The lowest BCUT2D eigenvalue weighted by Gasteiger charge is -2.49. The topological polar surface area (TPSA) is 149 Å². The standard InChI is InChI=1S/C51H46ClN5O7S2/c1-50(2,3)64-40(58)30-62-56-41(39-32-66-49(53-39)55-51(36-23-13-6-14-24-36,37-25-15-7-16-26-37)38-27-17-8-18-28-38)45(59)54-42-46(60)57-43(35(29-52)31-65-47(42)57)48(61)63-44(33-19-9-4-10-20-33)34-21-11-5-12-22-34/h4-28,32,42,44,47H,29-31H2,1-3H3,(H,53,55)(H,54,59)/t42?,47-/m0/s1. The molecule has 5 aromatic carbocycles. The molecule has 66 heavy (non-hydrogen) atoms. The number of ether oxygens (including phenoxy) is 2. The van der Waals surface area contributed by atoms with E-state index in [1.54, 1.807) is 26.2 Å². The number of halogens is 1. The molecule has 12 nitrogen and oxygen atoms in total. The van der Waals surface area contributed by atoms with E-state index in [-0.39, 0.29) is 23.0 Å². The Labute approximate surface area is 396 Å². The molecule has 1 fully saturated rings. The molecule has 0 radical (unpaired) electrons. The molecule has 8 rings (SSSR count). The van der Waals surface area contributed by atoms with Gasteiger partial charge in [0.15, 0.2) is 16.9 Å². The van der Waals surface area contributed by atoms with Crippen molar-refractivity contribution in [1.82, 2.24) is 15.2 Å². The fourth-order valence-corrected chi connectivity index (χ4v) is 10.3. The van der Waals surface area contributed by atoms with Crippen molar-refractivity contribution in [2.24, 2.45) is 5.16 Å². The van der Waals surface area contributed by atoms with Crippen LogP contribution < -0.4 is 10.6 Å². The van der Waals surface area contributed by atoms with Gasteiger partial charge >= 0.3 is 11.9 Å². The minimum atomic E-state index is -1.07. The Morgan fingerprint density at radius 1 is 0.803 bits per heavy atom. The van der Waals surface area contributed by atoms with Gasteiger partial charge in [-0.1, -0.05) is 157 Å². The third-order valence-electron chi connectivity index (χ3n) is 10.8. The SMILES string of the molecule is CC(C)(C)OC(=O)CON=C(C(=O)NC1C(=O)N2C(C(=O)OC(c3ccccc3)c3ccccc3)=C(CCl)CS[C@@H]12)c1csc(NC(c2ccccc2)(c2ccccc2)c2ccccc2)n1. The van der Waals surface area contributed by atoms with Crippen molar-refractivity contribution in [1.29, 1.82) is 0 Å². The van der Waals surface area contributed by atoms with E-state index < -0.39 is 59.0 Å². The molecule has 3 heterocycles. The number of carbonyl (C=O) groups excluding carboxylic acids is 4. The van der Waals surface area contributed by atoms with Crippen molar-refractivity contribution >= 4 is 69.3 Å². The lowest BCUT2D eigenvalue weighted by Crippen LogP contribution is -2.71. The average Bonchev–Trinajstić information content (AvgIpc) is 3.81. The van der Waals surface area contributed by atoms with Crippen LogP contribution in [-0.2, 0) is 39.0 Å². The lowest BCUT2D eigenvalue weighted by atomic mass is 9.77. The molecule has 0 aliphatic carbocycles. The van der Waals surface area contributed by atoms with Crippen molar-refractivity contribution in [2.45, 2.75) is 49.4 Å². The van der Waals surface area contributed by atoms with E-state index in [1.807, 2.05) is 152 Å². The number of hydrogen-bond acceptors (Lipinski definition) is 12. The third-order valence-corrected chi connectivity index (χ3v) is 13.2. The molecule has 0 bridgehead atoms. The molecule has 1 saturated heterocycles. The van der Waals surface area contributed by atoms with Gasteiger partial charge in [0.25, 0.3) is 11.8 Å². The van der Waals surface area contributed by atoms with Gasteiger partial charge in [0.2, 0.25) is 6.61 Å². The van der Waals surface area contributed by atoms with Crippen LogP contribution in [0, 0.1) is 0 Å². The Balaban J connectivity index is 1.08. The summed E-state index contributed by atoms with van der Waals surface area (Å²) in [6.45, 7) is 4.57. The normalized spacial score (nSPS) is 16.2. The van der Waals surface area contributed by atoms with Gasteiger partial charge in [0.05, 0.1) is 0 Å². The van der Waals surface area contributed by atoms with Gasteiger partial charge in [-0.3, -0.25) is 14.5 Å². The number of nitrogens with one attached hydrogen (secondary N) is 2. The first-order valence-corrected chi connectivity index (χ1v) is 23.6. The first-order chi connectivity index (χ1) is 32.0. The second-order valence-corrected chi connectivity index (χ2v) is 18.6. The average molecular weight is 941 g/mol. The van der Waals surface area contributed by atoms with Crippen molar-refractivity contribution in [3.63, 3.8) is 0 Å². The van der Waals surface area contributed by atoms with Crippen molar-refractivity contribution < 1.29 is 33.5 Å². The summed E-state index contributed by atoms with van der Waals surface area (Å²) in [6, 6.07) is 47.5. The number of thiazole rings is 1. The molecule has 15 heteroatoms. The molecule has 2 amide bonds. The van der Waals surface area contributed by atoms with E-state index in [0.29, 0.717) is 16.5 Å². The Bertz CT molecular complexity index is 2600. The van der Waals surface area contributed by atoms with Crippen molar-refractivity contribution in [3.8, 4) is 0 Å². The molecule has 2 aliphatic rings. The number of amides is 2. The van der Waals surface area contributed by atoms with Crippen LogP contribution in [0.15, 0.2) is 173 Å². The fraction of sp³-hybridized carbons (Fsp3) is 0.216. The number of aromatic nitrogens is 1. The third kappa shape index (κ3) is 9.91. The highest BCUT2D eigenvalue weighted by molar-refractivity contribution is 8.00. The van der Waals surface area contributed by atoms with Gasteiger partial charge in [0.1, 0.15) is 33.9 Å². The highest BCUT2D eigenvalue weighted by atomic mass is 35.5. The summed E-state index contributed by atoms with van der Waals surface area (Å²) < 4.78 is 11.6. The van der Waals surface area contributed by atoms with E-state index in [0.717, 1.165) is 27.8 Å². The van der Waals surface area contributed by atoms with Gasteiger partial charge in [-0.2, -0.15) is 0 Å². The number of fused-ring (bicyclic) bond motifs is 1. The Kier molecular flexibility index (Phi) is 14.0. The summed E-state index contributed by atoms with van der Waals surface area (Å²) in [5.41, 5.74) is 3.01. The molecule has 2 aliphatic heterocycles. The summed E-state index contributed by atoms with van der Waals surface area (Å²) in [5, 5.41) is 12.1. The minimum absolute atomic E-state index is 0.0155. The number of β-lactam (4-membered cyclic amide) rings is 1. The molecule has 1 aromatic heterocycles.